The van der Waals surface area contributed by atoms with Gasteiger partial charge in [-0.15, -0.1) is 0 Å². The fourth-order valence-electron chi connectivity index (χ4n) is 0.960. The van der Waals surface area contributed by atoms with Gasteiger partial charge < -0.3 is 4.74 Å². The third-order valence-electron chi connectivity index (χ3n) is 1.69. The lowest BCUT2D eigenvalue weighted by atomic mass is 10.1. The number of rotatable bonds is 4. The summed E-state index contributed by atoms with van der Waals surface area (Å²) in [6, 6.07) is 1.74. The van der Waals surface area contributed by atoms with Crippen LogP contribution in [0.25, 0.3) is 0 Å². The van der Waals surface area contributed by atoms with Crippen molar-refractivity contribution < 1.29 is 13.5 Å². The number of halogens is 2. The van der Waals surface area contributed by atoms with E-state index in [4.69, 9.17) is 0 Å². The maximum Gasteiger partial charge on any atom is 0.345 e. The lowest BCUT2D eigenvalue weighted by Gasteiger charge is -2.24. The molecule has 0 N–H and O–H groups in total. The van der Waals surface area contributed by atoms with Crippen molar-refractivity contribution in [3.05, 3.63) is 18.5 Å². The number of hydrogen-bond donors (Lipinski definition) is 0. The highest BCUT2D eigenvalue weighted by Crippen LogP contribution is 2.15. The van der Waals surface area contributed by atoms with Crippen molar-refractivity contribution in [2.75, 3.05) is 6.61 Å². The number of aromatic nitrogens is 2. The SMILES string of the molecule is CC(C)(COC(F)F)n1cccn1. The molecule has 0 amide bonds. The Morgan fingerprint density at radius 2 is 2.23 bits per heavy atom. The molecule has 0 aliphatic carbocycles. The fraction of sp³-hybridized carbons (Fsp3) is 0.625. The van der Waals surface area contributed by atoms with Crippen LogP contribution in [0.1, 0.15) is 13.8 Å². The molecule has 0 spiro atoms. The second kappa shape index (κ2) is 3.83. The summed E-state index contributed by atoms with van der Waals surface area (Å²) in [6.45, 7) is 0.770. The average molecular weight is 190 g/mol. The highest BCUT2D eigenvalue weighted by Gasteiger charge is 2.22. The summed E-state index contributed by atoms with van der Waals surface area (Å²) in [6.07, 6.45) is 3.32. The summed E-state index contributed by atoms with van der Waals surface area (Å²) >= 11 is 0. The molecule has 1 aromatic heterocycles. The first-order valence-electron chi connectivity index (χ1n) is 3.92. The minimum atomic E-state index is -2.73. The van der Waals surface area contributed by atoms with E-state index in [1.807, 2.05) is 0 Å². The van der Waals surface area contributed by atoms with Crippen LogP contribution in [0.15, 0.2) is 18.5 Å². The molecule has 1 heterocycles. The molecule has 0 aliphatic heterocycles. The van der Waals surface area contributed by atoms with Crippen LogP contribution in [0.5, 0.6) is 0 Å². The Bertz CT molecular complexity index is 247. The van der Waals surface area contributed by atoms with E-state index in [2.05, 4.69) is 9.84 Å². The van der Waals surface area contributed by atoms with Crippen LogP contribution in [0.2, 0.25) is 0 Å². The smallest absolute Gasteiger partial charge is 0.320 e. The van der Waals surface area contributed by atoms with Crippen LogP contribution in [0.4, 0.5) is 8.78 Å². The molecule has 5 heteroatoms. The third kappa shape index (κ3) is 2.77. The predicted octanol–water partition coefficient (Wildman–Crippen LogP) is 1.86. The molecule has 0 unspecified atom stereocenters. The van der Waals surface area contributed by atoms with Crippen LogP contribution >= 0.6 is 0 Å². The van der Waals surface area contributed by atoms with Crippen molar-refractivity contribution in [2.24, 2.45) is 0 Å². The van der Waals surface area contributed by atoms with Crippen LogP contribution < -0.4 is 0 Å². The molecule has 0 atom stereocenters. The van der Waals surface area contributed by atoms with Gasteiger partial charge in [-0.2, -0.15) is 13.9 Å². The Morgan fingerprint density at radius 1 is 1.54 bits per heavy atom. The molecule has 1 rings (SSSR count). The van der Waals surface area contributed by atoms with Gasteiger partial charge in [-0.1, -0.05) is 0 Å². The van der Waals surface area contributed by atoms with E-state index < -0.39 is 12.2 Å². The molecule has 3 nitrogen and oxygen atoms in total. The van der Waals surface area contributed by atoms with Crippen molar-refractivity contribution in [1.82, 2.24) is 9.78 Å². The second-order valence-electron chi connectivity index (χ2n) is 3.33. The van der Waals surface area contributed by atoms with Crippen molar-refractivity contribution in [2.45, 2.75) is 26.0 Å². The fourth-order valence-corrected chi connectivity index (χ4v) is 0.960. The van der Waals surface area contributed by atoms with Gasteiger partial charge in [-0.3, -0.25) is 4.68 Å². The van der Waals surface area contributed by atoms with E-state index in [1.165, 1.54) is 0 Å². The van der Waals surface area contributed by atoms with E-state index in [9.17, 15) is 8.78 Å². The van der Waals surface area contributed by atoms with Gasteiger partial charge in [0.25, 0.3) is 0 Å². The minimum Gasteiger partial charge on any atom is -0.320 e. The lowest BCUT2D eigenvalue weighted by molar-refractivity contribution is -0.146. The molecular weight excluding hydrogens is 178 g/mol. The van der Waals surface area contributed by atoms with E-state index in [0.29, 0.717) is 0 Å². The zero-order chi connectivity index (χ0) is 9.90. The molecule has 74 valence electrons. The quantitative estimate of drug-likeness (QED) is 0.724. The summed E-state index contributed by atoms with van der Waals surface area (Å²) in [5, 5.41) is 3.96. The topological polar surface area (TPSA) is 27.1 Å². The number of hydrogen-bond acceptors (Lipinski definition) is 2. The maximum absolute atomic E-state index is 11.8. The van der Waals surface area contributed by atoms with Crippen molar-refractivity contribution in [1.29, 1.82) is 0 Å². The van der Waals surface area contributed by atoms with Crippen LogP contribution in [-0.2, 0) is 10.3 Å². The van der Waals surface area contributed by atoms with Crippen LogP contribution in [-0.4, -0.2) is 23.0 Å². The molecule has 0 saturated carbocycles. The number of nitrogens with zero attached hydrogens (tertiary/aromatic N) is 2. The summed E-state index contributed by atoms with van der Waals surface area (Å²) < 4.78 is 29.3. The van der Waals surface area contributed by atoms with Crippen LogP contribution in [0, 0.1) is 0 Å². The molecule has 0 bridgehead atoms. The first-order valence-corrected chi connectivity index (χ1v) is 3.92. The van der Waals surface area contributed by atoms with Gasteiger partial charge in [0.05, 0.1) is 12.1 Å². The second-order valence-corrected chi connectivity index (χ2v) is 3.33. The largest absolute Gasteiger partial charge is 0.345 e. The highest BCUT2D eigenvalue weighted by molar-refractivity contribution is 4.85. The molecule has 1 aromatic rings. The van der Waals surface area contributed by atoms with E-state index in [1.54, 1.807) is 37.0 Å². The molecule has 0 aromatic carbocycles. The van der Waals surface area contributed by atoms with Crippen molar-refractivity contribution >= 4 is 0 Å². The van der Waals surface area contributed by atoms with E-state index >= 15 is 0 Å². The average Bonchev–Trinajstić information content (AvgIpc) is 2.53. The summed E-state index contributed by atoms with van der Waals surface area (Å²) in [5.74, 6) is 0. The molecule has 13 heavy (non-hydrogen) atoms. The standard InChI is InChI=1S/C8H12F2N2O/c1-8(2,6-13-7(9)10)12-5-3-4-11-12/h3-5,7H,6H2,1-2H3. The number of ether oxygens (including phenoxy) is 1. The Hall–Kier alpha value is -0.970. The predicted molar refractivity (Wildman–Crippen MR) is 43.5 cm³/mol. The van der Waals surface area contributed by atoms with Gasteiger partial charge >= 0.3 is 6.61 Å². The molecular formula is C8H12F2N2O. The van der Waals surface area contributed by atoms with Gasteiger partial charge in [-0.25, -0.2) is 0 Å². The Balaban J connectivity index is 2.56. The molecule has 0 saturated heterocycles. The lowest BCUT2D eigenvalue weighted by Crippen LogP contribution is -2.33. The van der Waals surface area contributed by atoms with Crippen molar-refractivity contribution in [3.8, 4) is 0 Å². The summed E-state index contributed by atoms with van der Waals surface area (Å²) in [4.78, 5) is 0. The summed E-state index contributed by atoms with van der Waals surface area (Å²) in [7, 11) is 0. The zero-order valence-corrected chi connectivity index (χ0v) is 7.58. The van der Waals surface area contributed by atoms with Gasteiger partial charge in [0.15, 0.2) is 0 Å². The van der Waals surface area contributed by atoms with Gasteiger partial charge in [0.1, 0.15) is 0 Å². The maximum atomic E-state index is 11.8. The zero-order valence-electron chi connectivity index (χ0n) is 7.58. The highest BCUT2D eigenvalue weighted by atomic mass is 19.3. The van der Waals surface area contributed by atoms with Gasteiger partial charge in [0, 0.05) is 12.4 Å². The molecule has 0 fully saturated rings. The van der Waals surface area contributed by atoms with Crippen molar-refractivity contribution in [3.63, 3.8) is 0 Å². The minimum absolute atomic E-state index is 0.0631. The van der Waals surface area contributed by atoms with Crippen LogP contribution in [0.3, 0.4) is 0 Å². The van der Waals surface area contributed by atoms with E-state index in [-0.39, 0.29) is 6.61 Å². The van der Waals surface area contributed by atoms with Gasteiger partial charge in [0.2, 0.25) is 0 Å². The summed E-state index contributed by atoms with van der Waals surface area (Å²) in [5.41, 5.74) is -0.542. The normalized spacial score (nSPS) is 12.4. The Kier molecular flexibility index (Phi) is 2.98. The first-order chi connectivity index (χ1) is 6.02. The molecule has 0 aliphatic rings. The molecule has 0 radical (unpaired) electrons. The number of alkyl halides is 2. The Labute approximate surface area is 75.3 Å². The van der Waals surface area contributed by atoms with E-state index in [0.717, 1.165) is 0 Å². The van der Waals surface area contributed by atoms with Gasteiger partial charge in [-0.05, 0) is 19.9 Å². The monoisotopic (exact) mass is 190 g/mol. The Morgan fingerprint density at radius 3 is 2.69 bits per heavy atom. The first kappa shape index (κ1) is 10.1. The third-order valence-corrected chi connectivity index (χ3v) is 1.69.